The van der Waals surface area contributed by atoms with Crippen LogP contribution < -0.4 is 10.9 Å². The van der Waals surface area contributed by atoms with Crippen molar-refractivity contribution in [3.05, 3.63) is 89.8 Å². The summed E-state index contributed by atoms with van der Waals surface area (Å²) in [5.74, 6) is -0.920. The smallest absolute Gasteiger partial charge is 0.325 e. The van der Waals surface area contributed by atoms with E-state index in [9.17, 15) is 41.3 Å². The first kappa shape index (κ1) is 25.3. The molecule has 15 heteroatoms. The number of halogens is 8. The number of non-ortho nitro benzene ring substituents is 1. The molecule has 0 spiro atoms. The number of alkyl halides is 6. The zero-order valence-electron chi connectivity index (χ0n) is 16.3. The highest BCUT2D eigenvalue weighted by molar-refractivity contribution is 6.31. The number of rotatable bonds is 5. The average molecular weight is 527 g/mol. The summed E-state index contributed by atoms with van der Waals surface area (Å²) in [7, 11) is 0. The van der Waals surface area contributed by atoms with Crippen molar-refractivity contribution in [1.29, 1.82) is 0 Å². The van der Waals surface area contributed by atoms with Gasteiger partial charge in [0.2, 0.25) is 5.95 Å². The van der Waals surface area contributed by atoms with Gasteiger partial charge in [-0.25, -0.2) is 4.98 Å². The molecule has 34 heavy (non-hydrogen) atoms. The Hall–Kier alpha value is -3.32. The molecule has 1 N–H and O–H groups in total. The van der Waals surface area contributed by atoms with Crippen molar-refractivity contribution in [2.24, 2.45) is 0 Å². The highest BCUT2D eigenvalue weighted by atomic mass is 35.5. The molecule has 0 saturated heterocycles. The summed E-state index contributed by atoms with van der Waals surface area (Å²) >= 11 is 11.4. The van der Waals surface area contributed by atoms with Crippen molar-refractivity contribution in [1.82, 2.24) is 9.55 Å². The van der Waals surface area contributed by atoms with Gasteiger partial charge in [0, 0.05) is 17.2 Å². The maximum Gasteiger partial charge on any atom is 0.435 e. The number of nitro benzene ring substituents is 1. The van der Waals surface area contributed by atoms with Gasteiger partial charge in [0.25, 0.3) is 11.2 Å². The van der Waals surface area contributed by atoms with Crippen LogP contribution in [0.5, 0.6) is 0 Å². The molecule has 3 aromatic rings. The van der Waals surface area contributed by atoms with Gasteiger partial charge in [0.1, 0.15) is 5.02 Å². The second-order valence-electron chi connectivity index (χ2n) is 6.72. The Balaban J connectivity index is 2.22. The summed E-state index contributed by atoms with van der Waals surface area (Å²) in [6.07, 6.45) is -10.3. The Morgan fingerprint density at radius 1 is 1.00 bits per heavy atom. The van der Waals surface area contributed by atoms with E-state index in [4.69, 9.17) is 23.2 Å². The minimum Gasteiger partial charge on any atom is -0.325 e. The SMILES string of the molecule is O=c1c(Cl)c(C(F)(F)F)nc(Nc2ccc([N+](=O)[O-])cc2C(F)(F)F)n1Cc1ccc(Cl)cc1. The maximum absolute atomic E-state index is 13.5. The third-order valence-corrected chi connectivity index (χ3v) is 5.00. The van der Waals surface area contributed by atoms with E-state index in [1.165, 1.54) is 24.3 Å². The van der Waals surface area contributed by atoms with Crippen molar-refractivity contribution in [2.45, 2.75) is 18.9 Å². The number of nitro groups is 1. The van der Waals surface area contributed by atoms with Crippen LogP contribution in [0.15, 0.2) is 47.3 Å². The largest absolute Gasteiger partial charge is 0.435 e. The van der Waals surface area contributed by atoms with Crippen molar-refractivity contribution in [3.63, 3.8) is 0 Å². The lowest BCUT2D eigenvalue weighted by Crippen LogP contribution is -2.29. The topological polar surface area (TPSA) is 90.1 Å². The third-order valence-electron chi connectivity index (χ3n) is 4.40. The summed E-state index contributed by atoms with van der Waals surface area (Å²) in [6, 6.07) is 7.25. The lowest BCUT2D eigenvalue weighted by atomic mass is 10.1. The van der Waals surface area contributed by atoms with Crippen LogP contribution in [-0.4, -0.2) is 14.5 Å². The lowest BCUT2D eigenvalue weighted by molar-refractivity contribution is -0.385. The van der Waals surface area contributed by atoms with Crippen LogP contribution in [0.2, 0.25) is 10.0 Å². The Bertz CT molecular complexity index is 1310. The highest BCUT2D eigenvalue weighted by Gasteiger charge is 2.39. The van der Waals surface area contributed by atoms with Crippen LogP contribution in [0.1, 0.15) is 16.8 Å². The van der Waals surface area contributed by atoms with E-state index in [0.717, 1.165) is 0 Å². The molecule has 0 aliphatic heterocycles. The fraction of sp³-hybridized carbons (Fsp3) is 0.158. The van der Waals surface area contributed by atoms with Gasteiger partial charge in [-0.15, -0.1) is 0 Å². The van der Waals surface area contributed by atoms with E-state index >= 15 is 0 Å². The van der Waals surface area contributed by atoms with Gasteiger partial charge in [-0.3, -0.25) is 19.5 Å². The molecule has 0 amide bonds. The van der Waals surface area contributed by atoms with Crippen LogP contribution in [0.25, 0.3) is 0 Å². The molecule has 0 radical (unpaired) electrons. The first-order chi connectivity index (χ1) is 15.7. The normalized spacial score (nSPS) is 12.0. The number of hydrogen-bond acceptors (Lipinski definition) is 5. The van der Waals surface area contributed by atoms with E-state index in [2.05, 4.69) is 10.3 Å². The molecule has 0 bridgehead atoms. The van der Waals surface area contributed by atoms with E-state index in [1.54, 1.807) is 0 Å². The third kappa shape index (κ3) is 5.42. The number of anilines is 2. The van der Waals surface area contributed by atoms with E-state index in [1.807, 2.05) is 0 Å². The average Bonchev–Trinajstić information content (AvgIpc) is 2.73. The Kier molecular flexibility index (Phi) is 6.80. The van der Waals surface area contributed by atoms with Crippen LogP contribution in [-0.2, 0) is 18.9 Å². The predicted octanol–water partition coefficient (Wildman–Crippen LogP) is 6.29. The molecular formula is C19H10Cl2F6N4O3. The molecule has 0 atom stereocenters. The minimum absolute atomic E-state index is 0.199. The summed E-state index contributed by atoms with van der Waals surface area (Å²) in [5.41, 5.74) is -6.19. The van der Waals surface area contributed by atoms with E-state index in [-0.39, 0.29) is 6.07 Å². The number of benzene rings is 2. The summed E-state index contributed by atoms with van der Waals surface area (Å²) in [5, 5.41) is 12.0. The lowest BCUT2D eigenvalue weighted by Gasteiger charge is -2.19. The zero-order valence-corrected chi connectivity index (χ0v) is 17.9. The second kappa shape index (κ2) is 9.14. The van der Waals surface area contributed by atoms with Gasteiger partial charge in [-0.2, -0.15) is 26.3 Å². The summed E-state index contributed by atoms with van der Waals surface area (Å²) in [4.78, 5) is 25.7. The molecule has 3 rings (SSSR count). The standard InChI is InChI=1S/C19H10Cl2F6N4O3/c20-10-3-1-9(2-4-10)8-30-16(32)14(21)15(19(25,26)27)29-17(30)28-13-6-5-11(31(33)34)7-12(13)18(22,23)24/h1-7H,8H2,(H,28,29). The number of nitrogens with one attached hydrogen (secondary N) is 1. The maximum atomic E-state index is 13.5. The first-order valence-electron chi connectivity index (χ1n) is 8.93. The molecule has 2 aromatic carbocycles. The van der Waals surface area contributed by atoms with Crippen molar-refractivity contribution in [2.75, 3.05) is 5.32 Å². The number of aromatic nitrogens is 2. The van der Waals surface area contributed by atoms with Crippen molar-refractivity contribution < 1.29 is 31.3 Å². The van der Waals surface area contributed by atoms with Crippen LogP contribution in [0.3, 0.4) is 0 Å². The molecule has 1 heterocycles. The van der Waals surface area contributed by atoms with Gasteiger partial charge in [-0.05, 0) is 23.8 Å². The van der Waals surface area contributed by atoms with Gasteiger partial charge in [-0.1, -0.05) is 35.3 Å². The Labute approximate surface area is 195 Å². The predicted molar refractivity (Wildman–Crippen MR) is 110 cm³/mol. The monoisotopic (exact) mass is 526 g/mol. The summed E-state index contributed by atoms with van der Waals surface area (Å²) < 4.78 is 81.3. The van der Waals surface area contributed by atoms with Crippen LogP contribution in [0, 0.1) is 10.1 Å². The quantitative estimate of drug-likeness (QED) is 0.240. The molecule has 7 nitrogen and oxygen atoms in total. The number of hydrogen-bond donors (Lipinski definition) is 1. The van der Waals surface area contributed by atoms with Crippen LogP contribution >= 0.6 is 23.2 Å². The van der Waals surface area contributed by atoms with Gasteiger partial charge < -0.3 is 5.32 Å². The Morgan fingerprint density at radius 3 is 2.15 bits per heavy atom. The van der Waals surface area contributed by atoms with Gasteiger partial charge in [0.05, 0.1) is 22.7 Å². The number of nitrogens with zero attached hydrogens (tertiary/aromatic N) is 3. The highest BCUT2D eigenvalue weighted by Crippen LogP contribution is 2.39. The van der Waals surface area contributed by atoms with Crippen LogP contribution in [0.4, 0.5) is 43.7 Å². The van der Waals surface area contributed by atoms with Crippen molar-refractivity contribution >= 4 is 40.5 Å². The molecule has 0 fully saturated rings. The fourth-order valence-corrected chi connectivity index (χ4v) is 3.22. The minimum atomic E-state index is -5.20. The Morgan fingerprint density at radius 2 is 1.62 bits per heavy atom. The van der Waals surface area contributed by atoms with Crippen molar-refractivity contribution in [3.8, 4) is 0 Å². The fourth-order valence-electron chi connectivity index (χ4n) is 2.84. The second-order valence-corrected chi connectivity index (χ2v) is 7.54. The molecular weight excluding hydrogens is 517 g/mol. The molecule has 180 valence electrons. The zero-order chi connectivity index (χ0) is 25.4. The molecule has 0 unspecified atom stereocenters. The molecule has 1 aromatic heterocycles. The molecule has 0 aliphatic rings. The summed E-state index contributed by atoms with van der Waals surface area (Å²) in [6.45, 7) is -0.433. The van der Waals surface area contributed by atoms with Gasteiger partial charge >= 0.3 is 12.4 Å². The van der Waals surface area contributed by atoms with E-state index < -0.39 is 63.0 Å². The van der Waals surface area contributed by atoms with Gasteiger partial charge in [0.15, 0.2) is 5.69 Å². The molecule has 0 saturated carbocycles. The molecule has 0 aliphatic carbocycles. The first-order valence-corrected chi connectivity index (χ1v) is 9.68. The van der Waals surface area contributed by atoms with E-state index in [0.29, 0.717) is 27.3 Å².